The van der Waals surface area contributed by atoms with Crippen molar-refractivity contribution in [1.29, 1.82) is 0 Å². The number of nitrogens with two attached hydrogens (primary N) is 1. The van der Waals surface area contributed by atoms with Gasteiger partial charge < -0.3 is 15.6 Å². The molecule has 8 heteroatoms. The van der Waals surface area contributed by atoms with Gasteiger partial charge in [0.15, 0.2) is 0 Å². The number of nitrogen functional groups attached to an aromatic ring is 1. The first-order valence-electron chi connectivity index (χ1n) is 5.61. The molecule has 1 aromatic carbocycles. The van der Waals surface area contributed by atoms with E-state index >= 15 is 0 Å². The zero-order chi connectivity index (χ0) is 15.6. The minimum Gasteiger partial charge on any atom is -0.449 e. The Morgan fingerprint density at radius 3 is 2.29 bits per heavy atom. The average molecular weight is 298 g/mol. The summed E-state index contributed by atoms with van der Waals surface area (Å²) in [5.74, 6) is -0.263. The minimum absolute atomic E-state index is 0.0105. The summed E-state index contributed by atoms with van der Waals surface area (Å²) in [5.41, 5.74) is 5.54. The van der Waals surface area contributed by atoms with Crippen molar-refractivity contribution in [1.82, 2.24) is 4.98 Å². The van der Waals surface area contributed by atoms with E-state index in [1.165, 1.54) is 24.3 Å². The quantitative estimate of drug-likeness (QED) is 0.830. The van der Waals surface area contributed by atoms with Crippen molar-refractivity contribution in [2.75, 3.05) is 5.73 Å². The third kappa shape index (κ3) is 3.62. The summed E-state index contributed by atoms with van der Waals surface area (Å²) in [6.07, 6.45) is -5.99. The number of carboxylic acid groups (broad SMARTS) is 1. The van der Waals surface area contributed by atoms with Gasteiger partial charge in [-0.3, -0.25) is 0 Å². The van der Waals surface area contributed by atoms with E-state index in [2.05, 4.69) is 9.72 Å². The van der Waals surface area contributed by atoms with Gasteiger partial charge in [0.1, 0.15) is 5.82 Å². The molecule has 0 aliphatic rings. The molecule has 110 valence electrons. The summed E-state index contributed by atoms with van der Waals surface area (Å²) >= 11 is 0. The number of alkyl halides is 3. The van der Waals surface area contributed by atoms with Gasteiger partial charge in [0.2, 0.25) is 5.88 Å². The second-order valence-electron chi connectivity index (χ2n) is 4.06. The van der Waals surface area contributed by atoms with Gasteiger partial charge >= 0.3 is 12.3 Å². The number of ether oxygens (including phenoxy) is 1. The first-order chi connectivity index (χ1) is 9.75. The van der Waals surface area contributed by atoms with Gasteiger partial charge in [-0.25, -0.2) is 4.79 Å². The van der Waals surface area contributed by atoms with Crippen molar-refractivity contribution < 1.29 is 27.8 Å². The van der Waals surface area contributed by atoms with Crippen molar-refractivity contribution in [2.24, 2.45) is 0 Å². The predicted molar refractivity (Wildman–Crippen MR) is 67.7 cm³/mol. The molecule has 0 radical (unpaired) electrons. The molecule has 0 amide bonds. The van der Waals surface area contributed by atoms with E-state index in [1.807, 2.05) is 0 Å². The van der Waals surface area contributed by atoms with E-state index in [0.717, 1.165) is 12.1 Å². The van der Waals surface area contributed by atoms with Gasteiger partial charge in [0, 0.05) is 6.07 Å². The fourth-order valence-electron chi connectivity index (χ4n) is 1.69. The van der Waals surface area contributed by atoms with Crippen LogP contribution in [0.1, 0.15) is 5.56 Å². The summed E-state index contributed by atoms with van der Waals surface area (Å²) in [7, 11) is 0. The Hall–Kier alpha value is -2.77. The standard InChI is InChI=1S/C13H9F3N2O3/c14-13(15,16)9-3-1-7(2-4-9)8-5-10(17)18-11(6-8)21-12(19)20/h1-6H,(H2,17,18)(H,19,20). The molecule has 0 fully saturated rings. The highest BCUT2D eigenvalue weighted by molar-refractivity contribution is 5.69. The molecule has 0 atom stereocenters. The molecule has 1 aromatic heterocycles. The van der Waals surface area contributed by atoms with Gasteiger partial charge in [-0.1, -0.05) is 12.1 Å². The van der Waals surface area contributed by atoms with E-state index < -0.39 is 17.9 Å². The highest BCUT2D eigenvalue weighted by atomic mass is 19.4. The van der Waals surface area contributed by atoms with Crippen molar-refractivity contribution >= 4 is 12.0 Å². The van der Waals surface area contributed by atoms with E-state index in [1.54, 1.807) is 0 Å². The lowest BCUT2D eigenvalue weighted by Gasteiger charge is -2.09. The van der Waals surface area contributed by atoms with Crippen LogP contribution in [0.3, 0.4) is 0 Å². The lowest BCUT2D eigenvalue weighted by molar-refractivity contribution is -0.137. The zero-order valence-electron chi connectivity index (χ0n) is 10.4. The van der Waals surface area contributed by atoms with Crippen LogP contribution in [0.25, 0.3) is 11.1 Å². The third-order valence-corrected chi connectivity index (χ3v) is 2.56. The number of aromatic nitrogens is 1. The van der Waals surface area contributed by atoms with Gasteiger partial charge in [-0.05, 0) is 29.3 Å². The van der Waals surface area contributed by atoms with Gasteiger partial charge in [0.05, 0.1) is 5.56 Å². The number of benzene rings is 1. The van der Waals surface area contributed by atoms with Gasteiger partial charge in [-0.2, -0.15) is 18.2 Å². The van der Waals surface area contributed by atoms with Crippen LogP contribution in [0.15, 0.2) is 36.4 Å². The molecule has 21 heavy (non-hydrogen) atoms. The monoisotopic (exact) mass is 298 g/mol. The number of halogens is 3. The molecular weight excluding hydrogens is 289 g/mol. The Balaban J connectivity index is 2.37. The largest absolute Gasteiger partial charge is 0.512 e. The van der Waals surface area contributed by atoms with Crippen molar-refractivity contribution in [2.45, 2.75) is 6.18 Å². The van der Waals surface area contributed by atoms with E-state index in [9.17, 15) is 18.0 Å². The van der Waals surface area contributed by atoms with Crippen LogP contribution in [0.2, 0.25) is 0 Å². The summed E-state index contributed by atoms with van der Waals surface area (Å²) in [5, 5.41) is 8.52. The van der Waals surface area contributed by atoms with Crippen LogP contribution < -0.4 is 10.5 Å². The number of anilines is 1. The minimum atomic E-state index is -4.42. The lowest BCUT2D eigenvalue weighted by Crippen LogP contribution is -2.06. The lowest BCUT2D eigenvalue weighted by atomic mass is 10.0. The molecule has 0 unspecified atom stereocenters. The molecule has 5 nitrogen and oxygen atoms in total. The van der Waals surface area contributed by atoms with E-state index in [0.29, 0.717) is 11.1 Å². The van der Waals surface area contributed by atoms with Gasteiger partial charge in [0.25, 0.3) is 0 Å². The Morgan fingerprint density at radius 1 is 1.14 bits per heavy atom. The Labute approximate surface area is 116 Å². The van der Waals surface area contributed by atoms with Crippen LogP contribution in [-0.4, -0.2) is 16.2 Å². The molecule has 2 rings (SSSR count). The fourth-order valence-corrected chi connectivity index (χ4v) is 1.69. The van der Waals surface area contributed by atoms with Crippen LogP contribution in [0.5, 0.6) is 5.88 Å². The number of hydrogen-bond donors (Lipinski definition) is 2. The predicted octanol–water partition coefficient (Wildman–Crippen LogP) is 3.41. The SMILES string of the molecule is Nc1cc(-c2ccc(C(F)(F)F)cc2)cc(OC(=O)O)n1. The van der Waals surface area contributed by atoms with Crippen LogP contribution in [0, 0.1) is 0 Å². The summed E-state index contributed by atoms with van der Waals surface area (Å²) < 4.78 is 41.8. The van der Waals surface area contributed by atoms with Crippen molar-refractivity contribution in [3.05, 3.63) is 42.0 Å². The number of carbonyl (C=O) groups is 1. The molecule has 0 bridgehead atoms. The van der Waals surface area contributed by atoms with E-state index in [4.69, 9.17) is 10.8 Å². The maximum Gasteiger partial charge on any atom is 0.512 e. The summed E-state index contributed by atoms with van der Waals surface area (Å²) in [6.45, 7) is 0. The number of pyridine rings is 1. The van der Waals surface area contributed by atoms with Crippen LogP contribution >= 0.6 is 0 Å². The summed E-state index contributed by atoms with van der Waals surface area (Å²) in [6, 6.07) is 7.02. The highest BCUT2D eigenvalue weighted by Crippen LogP contribution is 2.31. The molecule has 0 aliphatic heterocycles. The average Bonchev–Trinajstić information content (AvgIpc) is 2.36. The summed E-state index contributed by atoms with van der Waals surface area (Å²) in [4.78, 5) is 14.1. The number of hydrogen-bond acceptors (Lipinski definition) is 4. The van der Waals surface area contributed by atoms with Crippen LogP contribution in [0.4, 0.5) is 23.8 Å². The maximum absolute atomic E-state index is 12.5. The maximum atomic E-state index is 12.5. The molecule has 0 aliphatic carbocycles. The molecule has 0 saturated carbocycles. The van der Waals surface area contributed by atoms with Crippen molar-refractivity contribution in [3.63, 3.8) is 0 Å². The zero-order valence-corrected chi connectivity index (χ0v) is 10.4. The fraction of sp³-hybridized carbons (Fsp3) is 0.0769. The third-order valence-electron chi connectivity index (χ3n) is 2.56. The molecule has 2 aromatic rings. The normalized spacial score (nSPS) is 11.2. The smallest absolute Gasteiger partial charge is 0.449 e. The van der Waals surface area contributed by atoms with Crippen LogP contribution in [-0.2, 0) is 6.18 Å². The van der Waals surface area contributed by atoms with Crippen molar-refractivity contribution in [3.8, 4) is 17.0 Å². The molecule has 1 heterocycles. The first-order valence-corrected chi connectivity index (χ1v) is 5.61. The second-order valence-corrected chi connectivity index (χ2v) is 4.06. The number of nitrogens with zero attached hydrogens (tertiary/aromatic N) is 1. The second kappa shape index (κ2) is 5.31. The topological polar surface area (TPSA) is 85.4 Å². The Bertz CT molecular complexity index is 669. The molecule has 0 saturated heterocycles. The number of rotatable bonds is 2. The molecule has 3 N–H and O–H groups in total. The Kier molecular flexibility index (Phi) is 3.70. The Morgan fingerprint density at radius 2 is 1.76 bits per heavy atom. The molecule has 0 spiro atoms. The van der Waals surface area contributed by atoms with Gasteiger partial charge in [-0.15, -0.1) is 0 Å². The van der Waals surface area contributed by atoms with E-state index in [-0.39, 0.29) is 11.7 Å². The molecular formula is C13H9F3N2O3. The highest BCUT2D eigenvalue weighted by Gasteiger charge is 2.29. The first kappa shape index (κ1) is 14.6.